The second-order valence-corrected chi connectivity index (χ2v) is 4.30. The molecular weight excluding hydrogens is 301 g/mol. The van der Waals surface area contributed by atoms with E-state index in [1.54, 1.807) is 12.1 Å². The molecule has 2 aromatic rings. The molecule has 0 spiro atoms. The van der Waals surface area contributed by atoms with Gasteiger partial charge in [-0.15, -0.1) is 0 Å². The Kier molecular flexibility index (Phi) is 4.09. The van der Waals surface area contributed by atoms with E-state index in [2.05, 4.69) is 31.2 Å². The molecule has 0 unspecified atom stereocenters. The summed E-state index contributed by atoms with van der Waals surface area (Å²) in [6.45, 7) is 2.73. The van der Waals surface area contributed by atoms with Gasteiger partial charge in [-0.2, -0.15) is 0 Å². The quantitative estimate of drug-likeness (QED) is 0.937. The molecule has 1 heterocycles. The van der Waals surface area contributed by atoms with E-state index in [0.717, 1.165) is 6.54 Å². The number of benzene rings is 1. The van der Waals surface area contributed by atoms with Gasteiger partial charge in [0.2, 0.25) is 5.88 Å². The van der Waals surface area contributed by atoms with Crippen LogP contribution in [0.2, 0.25) is 0 Å². The summed E-state index contributed by atoms with van der Waals surface area (Å²) in [5.74, 6) is 1.26. The van der Waals surface area contributed by atoms with Gasteiger partial charge < -0.3 is 10.1 Å². The van der Waals surface area contributed by atoms with Crippen molar-refractivity contribution in [3.05, 3.63) is 40.9 Å². The Hall–Kier alpha value is -1.69. The topological polar surface area (TPSA) is 47.0 Å². The minimum atomic E-state index is -0.335. The smallest absolute Gasteiger partial charge is 0.224 e. The number of anilines is 1. The first-order valence-corrected chi connectivity index (χ1v) is 6.17. The maximum absolute atomic E-state index is 13.1. The Labute approximate surface area is 112 Å². The normalized spacial score (nSPS) is 10.2. The molecule has 0 atom stereocenters. The molecule has 0 aliphatic carbocycles. The van der Waals surface area contributed by atoms with Crippen molar-refractivity contribution in [3.8, 4) is 11.6 Å². The summed E-state index contributed by atoms with van der Waals surface area (Å²) in [5, 5.41) is 3.05. The van der Waals surface area contributed by atoms with Crippen molar-refractivity contribution in [2.45, 2.75) is 6.92 Å². The largest absolute Gasteiger partial charge is 0.439 e. The molecule has 0 aliphatic rings. The van der Waals surface area contributed by atoms with E-state index in [4.69, 9.17) is 4.74 Å². The molecule has 0 fully saturated rings. The molecule has 4 nitrogen and oxygen atoms in total. The van der Waals surface area contributed by atoms with E-state index in [9.17, 15) is 4.39 Å². The van der Waals surface area contributed by atoms with Crippen LogP contribution in [0.1, 0.15) is 6.92 Å². The fourth-order valence-corrected chi connectivity index (χ4v) is 1.69. The van der Waals surface area contributed by atoms with Crippen LogP contribution in [0, 0.1) is 5.82 Å². The number of nitrogens with zero attached hydrogens (tertiary/aromatic N) is 2. The van der Waals surface area contributed by atoms with Gasteiger partial charge in [0.1, 0.15) is 23.7 Å². The van der Waals surface area contributed by atoms with Crippen LogP contribution in [0.4, 0.5) is 10.2 Å². The predicted molar refractivity (Wildman–Crippen MR) is 70.4 cm³/mol. The molecule has 0 bridgehead atoms. The maximum atomic E-state index is 13.1. The zero-order valence-corrected chi connectivity index (χ0v) is 11.2. The third-order valence-corrected chi connectivity index (χ3v) is 2.72. The summed E-state index contributed by atoms with van der Waals surface area (Å²) >= 11 is 3.10. The number of hydrogen-bond donors (Lipinski definition) is 1. The van der Waals surface area contributed by atoms with Crippen LogP contribution in [-0.2, 0) is 0 Å². The van der Waals surface area contributed by atoms with Gasteiger partial charge in [0.05, 0.1) is 4.47 Å². The molecular formula is C12H11BrFN3O. The number of ether oxygens (including phenoxy) is 1. The van der Waals surface area contributed by atoms with Gasteiger partial charge in [-0.05, 0) is 41.1 Å². The summed E-state index contributed by atoms with van der Waals surface area (Å²) in [6.07, 6.45) is 1.41. The Bertz CT molecular complexity index is 551. The van der Waals surface area contributed by atoms with Crippen molar-refractivity contribution in [1.82, 2.24) is 9.97 Å². The van der Waals surface area contributed by atoms with Crippen LogP contribution >= 0.6 is 15.9 Å². The van der Waals surface area contributed by atoms with Gasteiger partial charge in [-0.1, -0.05) is 0 Å². The fourth-order valence-electron chi connectivity index (χ4n) is 1.33. The first-order valence-electron chi connectivity index (χ1n) is 5.38. The maximum Gasteiger partial charge on any atom is 0.224 e. The Balaban J connectivity index is 2.17. The zero-order valence-electron chi connectivity index (χ0n) is 9.65. The molecule has 94 valence electrons. The first-order chi connectivity index (χ1) is 8.69. The third-order valence-electron chi connectivity index (χ3n) is 2.11. The van der Waals surface area contributed by atoms with Crippen molar-refractivity contribution in [1.29, 1.82) is 0 Å². The second-order valence-electron chi connectivity index (χ2n) is 3.45. The van der Waals surface area contributed by atoms with Crippen molar-refractivity contribution >= 4 is 21.7 Å². The van der Waals surface area contributed by atoms with Crippen LogP contribution in [0.3, 0.4) is 0 Å². The van der Waals surface area contributed by atoms with Crippen molar-refractivity contribution in [2.24, 2.45) is 0 Å². The summed E-state index contributed by atoms with van der Waals surface area (Å²) < 4.78 is 18.9. The fraction of sp³-hybridized carbons (Fsp3) is 0.167. The van der Waals surface area contributed by atoms with E-state index in [-0.39, 0.29) is 5.82 Å². The van der Waals surface area contributed by atoms with Gasteiger partial charge in [0.25, 0.3) is 0 Å². The van der Waals surface area contributed by atoms with Crippen molar-refractivity contribution < 1.29 is 9.13 Å². The summed E-state index contributed by atoms with van der Waals surface area (Å²) in [5.41, 5.74) is 0. The highest BCUT2D eigenvalue weighted by atomic mass is 79.9. The van der Waals surface area contributed by atoms with Crippen LogP contribution < -0.4 is 10.1 Å². The SMILES string of the molecule is CCNc1cc(Oc2ccc(F)c(Br)c2)ncn1. The van der Waals surface area contributed by atoms with Gasteiger partial charge in [-0.25, -0.2) is 14.4 Å². The van der Waals surface area contributed by atoms with Gasteiger partial charge >= 0.3 is 0 Å². The van der Waals surface area contributed by atoms with Crippen LogP contribution in [0.15, 0.2) is 35.1 Å². The molecule has 1 aromatic carbocycles. The van der Waals surface area contributed by atoms with Crippen LogP contribution in [-0.4, -0.2) is 16.5 Å². The Morgan fingerprint density at radius 3 is 2.89 bits per heavy atom. The lowest BCUT2D eigenvalue weighted by Gasteiger charge is -2.07. The number of halogens is 2. The number of nitrogens with one attached hydrogen (secondary N) is 1. The molecule has 0 aliphatic heterocycles. The minimum absolute atomic E-state index is 0.335. The molecule has 0 saturated carbocycles. The third kappa shape index (κ3) is 3.16. The molecule has 6 heteroatoms. The monoisotopic (exact) mass is 311 g/mol. The van der Waals surface area contributed by atoms with E-state index >= 15 is 0 Å². The highest BCUT2D eigenvalue weighted by Gasteiger charge is 2.04. The summed E-state index contributed by atoms with van der Waals surface area (Å²) in [7, 11) is 0. The molecule has 18 heavy (non-hydrogen) atoms. The first kappa shape index (κ1) is 12.8. The lowest BCUT2D eigenvalue weighted by Crippen LogP contribution is -2.00. The number of hydrogen-bond acceptors (Lipinski definition) is 4. The lowest BCUT2D eigenvalue weighted by atomic mass is 10.3. The molecule has 2 rings (SSSR count). The van der Waals surface area contributed by atoms with Gasteiger partial charge in [-0.3, -0.25) is 0 Å². The lowest BCUT2D eigenvalue weighted by molar-refractivity contribution is 0.459. The minimum Gasteiger partial charge on any atom is -0.439 e. The highest BCUT2D eigenvalue weighted by Crippen LogP contribution is 2.25. The van der Waals surface area contributed by atoms with E-state index in [1.165, 1.54) is 18.5 Å². The number of aromatic nitrogens is 2. The zero-order chi connectivity index (χ0) is 13.0. The summed E-state index contributed by atoms with van der Waals surface area (Å²) in [4.78, 5) is 8.02. The molecule has 0 radical (unpaired) electrons. The average molecular weight is 312 g/mol. The van der Waals surface area contributed by atoms with Gasteiger partial charge in [0.15, 0.2) is 0 Å². The molecule has 0 amide bonds. The Morgan fingerprint density at radius 1 is 1.33 bits per heavy atom. The Morgan fingerprint density at radius 2 is 2.17 bits per heavy atom. The molecule has 0 saturated heterocycles. The molecule has 1 aromatic heterocycles. The highest BCUT2D eigenvalue weighted by molar-refractivity contribution is 9.10. The van der Waals surface area contributed by atoms with E-state index in [0.29, 0.717) is 21.9 Å². The van der Waals surface area contributed by atoms with E-state index in [1.807, 2.05) is 6.92 Å². The van der Waals surface area contributed by atoms with Crippen LogP contribution in [0.25, 0.3) is 0 Å². The van der Waals surface area contributed by atoms with Crippen molar-refractivity contribution in [3.63, 3.8) is 0 Å². The molecule has 1 N–H and O–H groups in total. The van der Waals surface area contributed by atoms with E-state index < -0.39 is 0 Å². The standard InChI is InChI=1S/C12H11BrFN3O/c1-2-15-11-6-12(17-7-16-11)18-8-3-4-10(14)9(13)5-8/h3-7H,2H2,1H3,(H,15,16,17). The average Bonchev–Trinajstić information content (AvgIpc) is 2.35. The summed E-state index contributed by atoms with van der Waals surface area (Å²) in [6, 6.07) is 6.09. The predicted octanol–water partition coefficient (Wildman–Crippen LogP) is 3.60. The van der Waals surface area contributed by atoms with Crippen molar-refractivity contribution in [2.75, 3.05) is 11.9 Å². The van der Waals surface area contributed by atoms with Crippen LogP contribution in [0.5, 0.6) is 11.6 Å². The second kappa shape index (κ2) is 5.77. The van der Waals surface area contributed by atoms with Gasteiger partial charge in [0, 0.05) is 12.6 Å². The number of rotatable bonds is 4.